The summed E-state index contributed by atoms with van der Waals surface area (Å²) < 4.78 is 4.91. The van der Waals surface area contributed by atoms with Crippen LogP contribution in [0.15, 0.2) is 12.2 Å². The zero-order valence-corrected chi connectivity index (χ0v) is 8.52. The molecule has 0 aliphatic rings. The monoisotopic (exact) mass is 180 g/mol. The van der Waals surface area contributed by atoms with Crippen molar-refractivity contribution in [3.63, 3.8) is 0 Å². The Morgan fingerprint density at radius 1 is 1.62 bits per heavy atom. The summed E-state index contributed by atoms with van der Waals surface area (Å²) in [6, 6.07) is 0. The third-order valence-corrected chi connectivity index (χ3v) is 1.70. The lowest BCUT2D eigenvalue weighted by Crippen LogP contribution is -2.14. The van der Waals surface area contributed by atoms with Gasteiger partial charge in [-0.25, -0.2) is 4.79 Å². The molecule has 0 saturated heterocycles. The van der Waals surface area contributed by atoms with E-state index in [1.165, 1.54) is 0 Å². The summed E-state index contributed by atoms with van der Waals surface area (Å²) in [5.41, 5.74) is 0.202. The molecule has 2 heteroatoms. The third-order valence-electron chi connectivity index (χ3n) is 1.70. The summed E-state index contributed by atoms with van der Waals surface area (Å²) >= 11 is 0. The maximum atomic E-state index is 10.9. The lowest BCUT2D eigenvalue weighted by atomic mass is 9.91. The van der Waals surface area contributed by atoms with Crippen LogP contribution in [0.25, 0.3) is 0 Å². The van der Waals surface area contributed by atoms with E-state index in [-0.39, 0.29) is 11.4 Å². The van der Waals surface area contributed by atoms with Crippen LogP contribution in [-0.4, -0.2) is 12.6 Å². The van der Waals surface area contributed by atoms with Crippen molar-refractivity contribution in [3.05, 3.63) is 12.2 Å². The summed E-state index contributed by atoms with van der Waals surface area (Å²) in [5.74, 6) is 2.28. The highest BCUT2D eigenvalue weighted by Crippen LogP contribution is 2.18. The van der Waals surface area contributed by atoms with E-state index in [2.05, 4.69) is 12.5 Å². The van der Waals surface area contributed by atoms with Crippen LogP contribution in [0.3, 0.4) is 0 Å². The molecule has 0 heterocycles. The van der Waals surface area contributed by atoms with Gasteiger partial charge in [0.1, 0.15) is 0 Å². The minimum absolute atomic E-state index is 0.213. The maximum absolute atomic E-state index is 10.9. The van der Waals surface area contributed by atoms with Gasteiger partial charge in [0.15, 0.2) is 0 Å². The van der Waals surface area contributed by atoms with Crippen molar-refractivity contribution in [2.24, 2.45) is 5.41 Å². The van der Waals surface area contributed by atoms with Gasteiger partial charge in [-0.2, -0.15) is 0 Å². The SMILES string of the molecule is C#CC(C)(C)CCOC(=O)C(=C)C. The summed E-state index contributed by atoms with van der Waals surface area (Å²) in [6.45, 7) is 9.31. The van der Waals surface area contributed by atoms with E-state index in [4.69, 9.17) is 11.2 Å². The Kier molecular flexibility index (Phi) is 4.27. The molecule has 0 amide bonds. The van der Waals surface area contributed by atoms with Crippen molar-refractivity contribution in [1.82, 2.24) is 0 Å². The van der Waals surface area contributed by atoms with Crippen molar-refractivity contribution in [1.29, 1.82) is 0 Å². The average Bonchev–Trinajstić information content (AvgIpc) is 2.04. The second kappa shape index (κ2) is 4.71. The molecule has 0 aromatic heterocycles. The molecule has 0 aromatic rings. The largest absolute Gasteiger partial charge is 0.462 e. The van der Waals surface area contributed by atoms with E-state index in [1.807, 2.05) is 13.8 Å². The molecule has 0 aliphatic heterocycles. The van der Waals surface area contributed by atoms with Crippen LogP contribution in [0.4, 0.5) is 0 Å². The molecule has 13 heavy (non-hydrogen) atoms. The number of ether oxygens (including phenoxy) is 1. The molecule has 0 radical (unpaired) electrons. The first-order valence-electron chi connectivity index (χ1n) is 4.19. The summed E-state index contributed by atoms with van der Waals surface area (Å²) in [4.78, 5) is 10.9. The predicted molar refractivity (Wildman–Crippen MR) is 53.0 cm³/mol. The standard InChI is InChI=1S/C11H16O2/c1-6-11(4,5)7-8-13-10(12)9(2)3/h1H,2,7-8H2,3-5H3. The molecule has 0 unspecified atom stereocenters. The molecule has 2 nitrogen and oxygen atoms in total. The smallest absolute Gasteiger partial charge is 0.333 e. The number of esters is 1. The quantitative estimate of drug-likeness (QED) is 0.376. The van der Waals surface area contributed by atoms with Gasteiger partial charge < -0.3 is 4.74 Å². The van der Waals surface area contributed by atoms with E-state index < -0.39 is 0 Å². The number of hydrogen-bond donors (Lipinski definition) is 0. The molecule has 72 valence electrons. The van der Waals surface area contributed by atoms with Gasteiger partial charge in [-0.1, -0.05) is 6.58 Å². The molecular formula is C11H16O2. The lowest BCUT2D eigenvalue weighted by molar-refractivity contribution is -0.139. The van der Waals surface area contributed by atoms with Crippen LogP contribution in [0.5, 0.6) is 0 Å². The Bertz CT molecular complexity index is 243. The summed E-state index contributed by atoms with van der Waals surface area (Å²) in [6.07, 6.45) is 5.94. The van der Waals surface area contributed by atoms with Crippen molar-refractivity contribution in [2.45, 2.75) is 27.2 Å². The van der Waals surface area contributed by atoms with Crippen molar-refractivity contribution >= 4 is 5.97 Å². The van der Waals surface area contributed by atoms with Crippen LogP contribution in [0, 0.1) is 17.8 Å². The van der Waals surface area contributed by atoms with Gasteiger partial charge in [-0.05, 0) is 27.2 Å². The third kappa shape index (κ3) is 5.08. The second-order valence-electron chi connectivity index (χ2n) is 3.69. The van der Waals surface area contributed by atoms with Gasteiger partial charge in [0.05, 0.1) is 6.61 Å². The van der Waals surface area contributed by atoms with E-state index in [0.29, 0.717) is 18.6 Å². The first-order chi connectivity index (χ1) is 5.89. The zero-order chi connectivity index (χ0) is 10.5. The van der Waals surface area contributed by atoms with Gasteiger partial charge in [0.2, 0.25) is 0 Å². The highest BCUT2D eigenvalue weighted by molar-refractivity contribution is 5.86. The maximum Gasteiger partial charge on any atom is 0.333 e. The zero-order valence-electron chi connectivity index (χ0n) is 8.52. The molecule has 0 bridgehead atoms. The van der Waals surface area contributed by atoms with E-state index in [0.717, 1.165) is 0 Å². The van der Waals surface area contributed by atoms with Crippen LogP contribution >= 0.6 is 0 Å². The van der Waals surface area contributed by atoms with E-state index in [9.17, 15) is 4.79 Å². The Morgan fingerprint density at radius 3 is 2.54 bits per heavy atom. The highest BCUT2D eigenvalue weighted by Gasteiger charge is 2.14. The Morgan fingerprint density at radius 2 is 2.15 bits per heavy atom. The van der Waals surface area contributed by atoms with Crippen LogP contribution < -0.4 is 0 Å². The van der Waals surface area contributed by atoms with Gasteiger partial charge >= 0.3 is 5.97 Å². The van der Waals surface area contributed by atoms with Crippen molar-refractivity contribution in [2.75, 3.05) is 6.61 Å². The highest BCUT2D eigenvalue weighted by atomic mass is 16.5. The fourth-order valence-corrected chi connectivity index (χ4v) is 0.594. The van der Waals surface area contributed by atoms with Gasteiger partial charge in [0.25, 0.3) is 0 Å². The van der Waals surface area contributed by atoms with Crippen molar-refractivity contribution in [3.8, 4) is 12.3 Å². The molecular weight excluding hydrogens is 164 g/mol. The first-order valence-corrected chi connectivity index (χ1v) is 4.19. The number of hydrogen-bond acceptors (Lipinski definition) is 2. The van der Waals surface area contributed by atoms with Gasteiger partial charge in [-0.15, -0.1) is 12.3 Å². The van der Waals surface area contributed by atoms with Crippen LogP contribution in [0.2, 0.25) is 0 Å². The lowest BCUT2D eigenvalue weighted by Gasteiger charge is -2.16. The Labute approximate surface area is 80.0 Å². The van der Waals surface area contributed by atoms with Gasteiger partial charge in [-0.3, -0.25) is 0 Å². The minimum Gasteiger partial charge on any atom is -0.462 e. The molecule has 0 fully saturated rings. The predicted octanol–water partition coefficient (Wildman–Crippen LogP) is 2.16. The summed E-state index contributed by atoms with van der Waals surface area (Å²) in [7, 11) is 0. The molecule has 0 atom stereocenters. The van der Waals surface area contributed by atoms with Crippen molar-refractivity contribution < 1.29 is 9.53 Å². The topological polar surface area (TPSA) is 26.3 Å². The van der Waals surface area contributed by atoms with E-state index >= 15 is 0 Å². The minimum atomic E-state index is -0.354. The Balaban J connectivity index is 3.77. The van der Waals surface area contributed by atoms with Crippen LogP contribution in [-0.2, 0) is 9.53 Å². The second-order valence-corrected chi connectivity index (χ2v) is 3.69. The van der Waals surface area contributed by atoms with Crippen LogP contribution in [0.1, 0.15) is 27.2 Å². The molecule has 0 rings (SSSR count). The molecule has 0 saturated carbocycles. The van der Waals surface area contributed by atoms with Gasteiger partial charge in [0, 0.05) is 11.0 Å². The molecule has 0 N–H and O–H groups in total. The molecule has 0 aliphatic carbocycles. The van der Waals surface area contributed by atoms with E-state index in [1.54, 1.807) is 6.92 Å². The Hall–Kier alpha value is -1.23. The molecule has 0 aromatic carbocycles. The molecule has 0 spiro atoms. The fourth-order valence-electron chi connectivity index (χ4n) is 0.594. The summed E-state index contributed by atoms with van der Waals surface area (Å²) in [5, 5.41) is 0. The number of carbonyl (C=O) groups excluding carboxylic acids is 1. The fraction of sp³-hybridized carbons (Fsp3) is 0.545. The normalized spacial score (nSPS) is 10.3. The number of rotatable bonds is 4. The number of carbonyl (C=O) groups is 1. The average molecular weight is 180 g/mol. The first kappa shape index (κ1) is 11.8. The number of terminal acetylenes is 1.